The zero-order chi connectivity index (χ0) is 12.5. The highest BCUT2D eigenvalue weighted by molar-refractivity contribution is 5.82. The van der Waals surface area contributed by atoms with Gasteiger partial charge >= 0.3 is 0 Å². The van der Waals surface area contributed by atoms with Gasteiger partial charge in [0.25, 0.3) is 0 Å². The van der Waals surface area contributed by atoms with E-state index in [0.29, 0.717) is 0 Å². The highest BCUT2D eigenvalue weighted by Gasteiger charge is 2.40. The Bertz CT molecular complexity index is 410. The van der Waals surface area contributed by atoms with Crippen LogP contribution in [0.4, 0.5) is 4.39 Å². The Kier molecular flexibility index (Phi) is 3.15. The topological polar surface area (TPSA) is 55.1 Å². The number of carbonyl (C=O) groups is 1. The Labute approximate surface area is 100 Å². The maximum absolute atomic E-state index is 12.9. The third kappa shape index (κ3) is 2.31. The van der Waals surface area contributed by atoms with Crippen molar-refractivity contribution in [3.05, 3.63) is 35.6 Å². The van der Waals surface area contributed by atoms with Gasteiger partial charge in [0.05, 0.1) is 11.6 Å². The Balaban J connectivity index is 2.20. The van der Waals surface area contributed by atoms with E-state index in [0.717, 1.165) is 24.8 Å². The normalized spacial score (nSPS) is 19.2. The van der Waals surface area contributed by atoms with Gasteiger partial charge in [0.2, 0.25) is 5.91 Å². The van der Waals surface area contributed by atoms with E-state index in [-0.39, 0.29) is 17.3 Å². The molecule has 3 N–H and O–H groups in total. The van der Waals surface area contributed by atoms with Crippen molar-refractivity contribution in [2.75, 3.05) is 0 Å². The van der Waals surface area contributed by atoms with E-state index in [1.165, 1.54) is 12.1 Å². The number of benzene rings is 1. The molecule has 1 atom stereocenters. The highest BCUT2D eigenvalue weighted by Crippen LogP contribution is 2.41. The minimum Gasteiger partial charge on any atom is -0.345 e. The van der Waals surface area contributed by atoms with Crippen molar-refractivity contribution < 1.29 is 9.18 Å². The van der Waals surface area contributed by atoms with E-state index >= 15 is 0 Å². The molecule has 0 radical (unpaired) electrons. The molecule has 1 amide bonds. The summed E-state index contributed by atoms with van der Waals surface area (Å²) in [4.78, 5) is 11.7. The predicted octanol–water partition coefficient (Wildman–Crippen LogP) is 1.67. The highest BCUT2D eigenvalue weighted by atomic mass is 19.1. The van der Waals surface area contributed by atoms with Crippen molar-refractivity contribution in [3.8, 4) is 0 Å². The Morgan fingerprint density at radius 1 is 1.41 bits per heavy atom. The van der Waals surface area contributed by atoms with Crippen LogP contribution in [0.2, 0.25) is 0 Å². The maximum atomic E-state index is 12.9. The van der Waals surface area contributed by atoms with Gasteiger partial charge in [-0.2, -0.15) is 0 Å². The van der Waals surface area contributed by atoms with Crippen LogP contribution >= 0.6 is 0 Å². The first kappa shape index (κ1) is 12.0. The van der Waals surface area contributed by atoms with Gasteiger partial charge in [-0.15, -0.1) is 0 Å². The van der Waals surface area contributed by atoms with Crippen LogP contribution in [-0.4, -0.2) is 11.9 Å². The monoisotopic (exact) mass is 236 g/mol. The van der Waals surface area contributed by atoms with Crippen molar-refractivity contribution in [2.24, 2.45) is 5.73 Å². The molecule has 1 aromatic rings. The second-order valence-corrected chi connectivity index (χ2v) is 4.72. The Morgan fingerprint density at radius 3 is 2.41 bits per heavy atom. The van der Waals surface area contributed by atoms with Crippen molar-refractivity contribution in [2.45, 2.75) is 37.8 Å². The van der Waals surface area contributed by atoms with E-state index < -0.39 is 6.04 Å². The van der Waals surface area contributed by atoms with E-state index in [1.54, 1.807) is 19.1 Å². The lowest BCUT2D eigenvalue weighted by atomic mass is 9.71. The number of hydrogen-bond donors (Lipinski definition) is 2. The smallest absolute Gasteiger partial charge is 0.237 e. The molecule has 1 fully saturated rings. The first-order chi connectivity index (χ1) is 8.03. The second kappa shape index (κ2) is 4.45. The van der Waals surface area contributed by atoms with Gasteiger partial charge in [-0.1, -0.05) is 12.1 Å². The van der Waals surface area contributed by atoms with Gasteiger partial charge in [-0.05, 0) is 43.9 Å². The number of amides is 1. The second-order valence-electron chi connectivity index (χ2n) is 4.72. The fourth-order valence-electron chi connectivity index (χ4n) is 2.13. The lowest BCUT2D eigenvalue weighted by Crippen LogP contribution is -2.54. The minimum absolute atomic E-state index is 0.158. The average molecular weight is 236 g/mol. The molecule has 0 aliphatic heterocycles. The van der Waals surface area contributed by atoms with Crippen LogP contribution in [0, 0.1) is 5.82 Å². The third-order valence-electron chi connectivity index (χ3n) is 3.38. The molecule has 0 saturated heterocycles. The number of halogens is 1. The van der Waals surface area contributed by atoms with Gasteiger partial charge in [0, 0.05) is 0 Å². The Morgan fingerprint density at radius 2 is 2.00 bits per heavy atom. The lowest BCUT2D eigenvalue weighted by molar-refractivity contribution is -0.125. The van der Waals surface area contributed by atoms with Crippen molar-refractivity contribution in [1.82, 2.24) is 5.32 Å². The summed E-state index contributed by atoms with van der Waals surface area (Å²) >= 11 is 0. The van der Waals surface area contributed by atoms with Crippen LogP contribution < -0.4 is 11.1 Å². The molecule has 0 aromatic heterocycles. The molecule has 4 heteroatoms. The summed E-state index contributed by atoms with van der Waals surface area (Å²) in [5, 5.41) is 2.98. The van der Waals surface area contributed by atoms with Crippen LogP contribution in [0.15, 0.2) is 24.3 Å². The molecule has 1 aliphatic rings. The molecule has 3 nitrogen and oxygen atoms in total. The molecule has 0 heterocycles. The number of rotatable bonds is 3. The molecule has 2 rings (SSSR count). The molecule has 1 aromatic carbocycles. The molecule has 17 heavy (non-hydrogen) atoms. The third-order valence-corrected chi connectivity index (χ3v) is 3.38. The SMILES string of the molecule is CC(N)C(=O)NC1(c2ccc(F)cc2)CCC1. The van der Waals surface area contributed by atoms with E-state index in [4.69, 9.17) is 5.73 Å². The first-order valence-electron chi connectivity index (χ1n) is 5.87. The summed E-state index contributed by atoms with van der Waals surface area (Å²) < 4.78 is 12.9. The summed E-state index contributed by atoms with van der Waals surface area (Å²) in [6.07, 6.45) is 2.84. The fraction of sp³-hybridized carbons (Fsp3) is 0.462. The van der Waals surface area contributed by atoms with Gasteiger partial charge < -0.3 is 11.1 Å². The lowest BCUT2D eigenvalue weighted by Gasteiger charge is -2.43. The summed E-state index contributed by atoms with van der Waals surface area (Å²) in [5.41, 5.74) is 6.17. The summed E-state index contributed by atoms with van der Waals surface area (Å²) in [5.74, 6) is -0.421. The van der Waals surface area contributed by atoms with Crippen LogP contribution in [-0.2, 0) is 10.3 Å². The largest absolute Gasteiger partial charge is 0.345 e. The molecule has 1 unspecified atom stereocenters. The van der Waals surface area contributed by atoms with Crippen molar-refractivity contribution in [1.29, 1.82) is 0 Å². The van der Waals surface area contributed by atoms with Crippen molar-refractivity contribution in [3.63, 3.8) is 0 Å². The molecule has 0 spiro atoms. The van der Waals surface area contributed by atoms with Gasteiger partial charge in [0.1, 0.15) is 5.82 Å². The minimum atomic E-state index is -0.520. The fourth-order valence-corrected chi connectivity index (χ4v) is 2.13. The number of nitrogens with one attached hydrogen (secondary N) is 1. The van der Waals surface area contributed by atoms with E-state index in [9.17, 15) is 9.18 Å². The maximum Gasteiger partial charge on any atom is 0.237 e. The van der Waals surface area contributed by atoms with Gasteiger partial charge in [-0.3, -0.25) is 4.79 Å². The van der Waals surface area contributed by atoms with Crippen LogP contribution in [0.5, 0.6) is 0 Å². The van der Waals surface area contributed by atoms with Crippen LogP contribution in [0.1, 0.15) is 31.7 Å². The first-order valence-corrected chi connectivity index (χ1v) is 5.87. The quantitative estimate of drug-likeness (QED) is 0.838. The summed E-state index contributed by atoms with van der Waals surface area (Å²) in [6, 6.07) is 5.79. The van der Waals surface area contributed by atoms with E-state index in [2.05, 4.69) is 5.32 Å². The number of carbonyl (C=O) groups excluding carboxylic acids is 1. The van der Waals surface area contributed by atoms with Crippen molar-refractivity contribution >= 4 is 5.91 Å². The zero-order valence-electron chi connectivity index (χ0n) is 9.87. The molecule has 1 saturated carbocycles. The van der Waals surface area contributed by atoms with Crippen LogP contribution in [0.25, 0.3) is 0 Å². The van der Waals surface area contributed by atoms with Gasteiger partial charge in [0.15, 0.2) is 0 Å². The van der Waals surface area contributed by atoms with Gasteiger partial charge in [-0.25, -0.2) is 4.39 Å². The number of hydrogen-bond acceptors (Lipinski definition) is 2. The van der Waals surface area contributed by atoms with E-state index in [1.807, 2.05) is 0 Å². The standard InChI is InChI=1S/C13H17FN2O/c1-9(15)12(17)16-13(7-2-8-13)10-3-5-11(14)6-4-10/h3-6,9H,2,7-8,15H2,1H3,(H,16,17). The molecule has 0 bridgehead atoms. The Hall–Kier alpha value is -1.42. The molecular weight excluding hydrogens is 219 g/mol. The molecule has 92 valence electrons. The zero-order valence-corrected chi connectivity index (χ0v) is 9.87. The van der Waals surface area contributed by atoms with Crippen LogP contribution in [0.3, 0.4) is 0 Å². The summed E-state index contributed by atoms with van der Waals surface area (Å²) in [6.45, 7) is 1.66. The summed E-state index contributed by atoms with van der Waals surface area (Å²) in [7, 11) is 0. The predicted molar refractivity (Wildman–Crippen MR) is 63.7 cm³/mol. The molecular formula is C13H17FN2O. The number of nitrogens with two attached hydrogens (primary N) is 1. The average Bonchev–Trinajstić information content (AvgIpc) is 2.24. The molecule has 1 aliphatic carbocycles.